The first-order valence-electron chi connectivity index (χ1n) is 9.99. The minimum atomic E-state index is -3.68. The van der Waals surface area contributed by atoms with Crippen molar-refractivity contribution in [2.24, 2.45) is 0 Å². The number of ether oxygens (including phenoxy) is 2. The topological polar surface area (TPSA) is 84.9 Å². The van der Waals surface area contributed by atoms with E-state index >= 15 is 0 Å². The first kappa shape index (κ1) is 22.3. The molecule has 1 N–H and O–H groups in total. The molecule has 162 valence electrons. The molecule has 0 bridgehead atoms. The molecular weight excluding hydrogens is 404 g/mol. The van der Waals surface area contributed by atoms with Gasteiger partial charge in [0.05, 0.1) is 36.3 Å². The van der Waals surface area contributed by atoms with Gasteiger partial charge in [-0.25, -0.2) is 8.42 Å². The number of benzene rings is 2. The predicted octanol–water partition coefficient (Wildman–Crippen LogP) is 2.98. The summed E-state index contributed by atoms with van der Waals surface area (Å²) in [6, 6.07) is 12.3. The van der Waals surface area contributed by atoms with Crippen molar-refractivity contribution in [1.29, 1.82) is 0 Å². The third-order valence-corrected chi connectivity index (χ3v) is 6.58. The minimum Gasteiger partial charge on any atom is -0.489 e. The van der Waals surface area contributed by atoms with Gasteiger partial charge in [-0.05, 0) is 44.5 Å². The summed E-state index contributed by atoms with van der Waals surface area (Å²) in [6.07, 6.45) is 0.0569. The van der Waals surface area contributed by atoms with E-state index < -0.39 is 10.0 Å². The zero-order valence-electron chi connectivity index (χ0n) is 17.6. The molecule has 0 unspecified atom stereocenters. The van der Waals surface area contributed by atoms with Crippen molar-refractivity contribution in [1.82, 2.24) is 4.31 Å². The Labute approximate surface area is 178 Å². The molecule has 0 saturated carbocycles. The van der Waals surface area contributed by atoms with E-state index in [2.05, 4.69) is 5.32 Å². The van der Waals surface area contributed by atoms with Crippen LogP contribution in [0.3, 0.4) is 0 Å². The summed E-state index contributed by atoms with van der Waals surface area (Å²) < 4.78 is 38.4. The van der Waals surface area contributed by atoms with E-state index in [9.17, 15) is 13.2 Å². The molecule has 1 heterocycles. The largest absolute Gasteiger partial charge is 0.489 e. The van der Waals surface area contributed by atoms with Crippen molar-refractivity contribution in [3.63, 3.8) is 0 Å². The van der Waals surface area contributed by atoms with Gasteiger partial charge >= 0.3 is 0 Å². The second-order valence-corrected chi connectivity index (χ2v) is 9.49. The second-order valence-electron chi connectivity index (χ2n) is 7.55. The highest BCUT2D eigenvalue weighted by Crippen LogP contribution is 2.30. The maximum atomic E-state index is 13.0. The maximum absolute atomic E-state index is 13.0. The van der Waals surface area contributed by atoms with Crippen molar-refractivity contribution in [3.05, 3.63) is 53.6 Å². The Morgan fingerprint density at radius 3 is 2.43 bits per heavy atom. The van der Waals surface area contributed by atoms with Gasteiger partial charge < -0.3 is 14.8 Å². The molecule has 2 aromatic rings. The summed E-state index contributed by atoms with van der Waals surface area (Å²) in [5.41, 5.74) is 2.34. The lowest BCUT2D eigenvalue weighted by Crippen LogP contribution is -2.40. The number of anilines is 1. The lowest BCUT2D eigenvalue weighted by Gasteiger charge is -2.26. The number of nitrogens with one attached hydrogen (secondary N) is 1. The Kier molecular flexibility index (Phi) is 7.12. The molecule has 0 spiro atoms. The SMILES string of the molecule is Cc1ccc(CC(=O)Nc2cc(S(=O)(=O)N3CCOCC3)ccc2OC(C)C)cc1. The molecule has 30 heavy (non-hydrogen) atoms. The highest BCUT2D eigenvalue weighted by atomic mass is 32.2. The first-order chi connectivity index (χ1) is 14.3. The lowest BCUT2D eigenvalue weighted by molar-refractivity contribution is -0.115. The fraction of sp³-hybridized carbons (Fsp3) is 0.409. The number of carbonyl (C=O) groups excluding carboxylic acids is 1. The van der Waals surface area contributed by atoms with Crippen LogP contribution in [0.4, 0.5) is 5.69 Å². The van der Waals surface area contributed by atoms with Gasteiger partial charge in [-0.15, -0.1) is 0 Å². The zero-order chi connectivity index (χ0) is 21.7. The molecule has 1 amide bonds. The number of carbonyl (C=O) groups is 1. The Bertz CT molecular complexity index is 981. The molecule has 1 saturated heterocycles. The number of amides is 1. The van der Waals surface area contributed by atoms with E-state index in [-0.39, 0.29) is 23.3 Å². The van der Waals surface area contributed by atoms with Gasteiger partial charge in [0.15, 0.2) is 0 Å². The predicted molar refractivity (Wildman–Crippen MR) is 115 cm³/mol. The second kappa shape index (κ2) is 9.59. The van der Waals surface area contributed by atoms with Crippen LogP contribution in [0.5, 0.6) is 5.75 Å². The summed E-state index contributed by atoms with van der Waals surface area (Å²) >= 11 is 0. The molecule has 1 aliphatic rings. The van der Waals surface area contributed by atoms with Crippen LogP contribution in [-0.2, 0) is 26.0 Å². The summed E-state index contributed by atoms with van der Waals surface area (Å²) in [6.45, 7) is 7.08. The van der Waals surface area contributed by atoms with E-state index in [0.717, 1.165) is 11.1 Å². The van der Waals surface area contributed by atoms with Crippen molar-refractivity contribution in [2.45, 2.75) is 38.2 Å². The fourth-order valence-electron chi connectivity index (χ4n) is 3.15. The molecule has 0 atom stereocenters. The van der Waals surface area contributed by atoms with E-state index in [1.165, 1.54) is 16.4 Å². The molecule has 7 nitrogen and oxygen atoms in total. The standard InChI is InChI=1S/C22H28N2O5S/c1-16(2)29-21-9-8-19(30(26,27)24-10-12-28-13-11-24)15-20(21)23-22(25)14-18-6-4-17(3)5-7-18/h4-9,15-16H,10-14H2,1-3H3,(H,23,25). The smallest absolute Gasteiger partial charge is 0.243 e. The Morgan fingerprint density at radius 2 is 1.80 bits per heavy atom. The summed E-state index contributed by atoms with van der Waals surface area (Å²) in [4.78, 5) is 12.7. The summed E-state index contributed by atoms with van der Waals surface area (Å²) in [7, 11) is -3.68. The molecular formula is C22H28N2O5S. The quantitative estimate of drug-likeness (QED) is 0.727. The summed E-state index contributed by atoms with van der Waals surface area (Å²) in [5, 5.41) is 2.82. The molecule has 0 radical (unpaired) electrons. The number of sulfonamides is 1. The van der Waals surface area contributed by atoms with Crippen LogP contribution >= 0.6 is 0 Å². The van der Waals surface area contributed by atoms with Crippen molar-refractivity contribution in [3.8, 4) is 5.75 Å². The van der Waals surface area contributed by atoms with Crippen LogP contribution < -0.4 is 10.1 Å². The van der Waals surface area contributed by atoms with E-state index in [1.54, 1.807) is 6.07 Å². The van der Waals surface area contributed by atoms with E-state index in [0.29, 0.717) is 37.7 Å². The van der Waals surface area contributed by atoms with Gasteiger partial charge in [-0.2, -0.15) is 4.31 Å². The molecule has 0 aromatic heterocycles. The van der Waals surface area contributed by atoms with Crippen LogP contribution in [0, 0.1) is 6.92 Å². The molecule has 2 aromatic carbocycles. The monoisotopic (exact) mass is 432 g/mol. The molecule has 0 aliphatic carbocycles. The van der Waals surface area contributed by atoms with Gasteiger partial charge in [0.2, 0.25) is 15.9 Å². The van der Waals surface area contributed by atoms with Crippen LogP contribution in [0.1, 0.15) is 25.0 Å². The highest BCUT2D eigenvalue weighted by Gasteiger charge is 2.27. The van der Waals surface area contributed by atoms with Gasteiger partial charge in [-0.1, -0.05) is 29.8 Å². The number of morpholine rings is 1. The third kappa shape index (κ3) is 5.59. The molecule has 1 fully saturated rings. The third-order valence-electron chi connectivity index (χ3n) is 4.68. The van der Waals surface area contributed by atoms with Gasteiger partial charge in [0, 0.05) is 13.1 Å². The number of hydrogen-bond donors (Lipinski definition) is 1. The molecule has 3 rings (SSSR count). The van der Waals surface area contributed by atoms with Crippen LogP contribution in [0.15, 0.2) is 47.4 Å². The average molecular weight is 433 g/mol. The molecule has 1 aliphatic heterocycles. The van der Waals surface area contributed by atoms with Crippen LogP contribution in [0.2, 0.25) is 0 Å². The van der Waals surface area contributed by atoms with Crippen molar-refractivity contribution >= 4 is 21.6 Å². The van der Waals surface area contributed by atoms with Crippen LogP contribution in [0.25, 0.3) is 0 Å². The van der Waals surface area contributed by atoms with Gasteiger partial charge in [0.25, 0.3) is 0 Å². The highest BCUT2D eigenvalue weighted by molar-refractivity contribution is 7.89. The number of aryl methyl sites for hydroxylation is 1. The first-order valence-corrected chi connectivity index (χ1v) is 11.4. The number of nitrogens with zero attached hydrogens (tertiary/aromatic N) is 1. The average Bonchev–Trinajstić information content (AvgIpc) is 2.71. The minimum absolute atomic E-state index is 0.117. The fourth-order valence-corrected chi connectivity index (χ4v) is 4.58. The lowest BCUT2D eigenvalue weighted by atomic mass is 10.1. The Hall–Kier alpha value is -2.42. The maximum Gasteiger partial charge on any atom is 0.243 e. The zero-order valence-corrected chi connectivity index (χ0v) is 18.4. The van der Waals surface area contributed by atoms with Crippen molar-refractivity contribution in [2.75, 3.05) is 31.6 Å². The summed E-state index contributed by atoms with van der Waals surface area (Å²) in [5.74, 6) is 0.191. The van der Waals surface area contributed by atoms with E-state index in [4.69, 9.17) is 9.47 Å². The van der Waals surface area contributed by atoms with Gasteiger partial charge in [-0.3, -0.25) is 4.79 Å². The van der Waals surface area contributed by atoms with Gasteiger partial charge in [0.1, 0.15) is 5.75 Å². The van der Waals surface area contributed by atoms with Crippen LogP contribution in [-0.4, -0.2) is 51.0 Å². The number of hydrogen-bond acceptors (Lipinski definition) is 5. The Balaban J connectivity index is 1.85. The number of rotatable bonds is 7. The van der Waals surface area contributed by atoms with Crippen molar-refractivity contribution < 1.29 is 22.7 Å². The van der Waals surface area contributed by atoms with E-state index in [1.807, 2.05) is 45.0 Å². The molecule has 8 heteroatoms. The normalized spacial score (nSPS) is 15.2. The Morgan fingerprint density at radius 1 is 1.13 bits per heavy atom.